The number of aromatic nitrogens is 4. The van der Waals surface area contributed by atoms with Gasteiger partial charge in [0.1, 0.15) is 5.84 Å². The van der Waals surface area contributed by atoms with Crippen LogP contribution in [-0.4, -0.2) is 38.0 Å². The first-order chi connectivity index (χ1) is 9.04. The number of nitrogens with two attached hydrogens (primary N) is 1. The quantitative estimate of drug-likeness (QED) is 0.587. The summed E-state index contributed by atoms with van der Waals surface area (Å²) in [5.41, 5.74) is 7.31. The number of benzene rings is 1. The lowest BCUT2D eigenvalue weighted by Gasteiger charge is -2.14. The van der Waals surface area contributed by atoms with E-state index in [9.17, 15) is 0 Å². The molecule has 0 radical (unpaired) electrons. The molecule has 0 aliphatic carbocycles. The Hall–Kier alpha value is -2.28. The van der Waals surface area contributed by atoms with Crippen LogP contribution in [0.1, 0.15) is 17.0 Å². The van der Waals surface area contributed by atoms with Crippen molar-refractivity contribution in [2.24, 2.45) is 12.8 Å². The molecule has 0 saturated carbocycles. The second-order valence-electron chi connectivity index (χ2n) is 4.48. The number of nitrogens with one attached hydrogen (secondary N) is 1. The minimum Gasteiger partial charge on any atom is -0.384 e. The molecule has 2 rings (SSSR count). The second-order valence-corrected chi connectivity index (χ2v) is 4.48. The predicted molar refractivity (Wildman–Crippen MR) is 71.4 cm³/mol. The van der Waals surface area contributed by atoms with E-state index >= 15 is 0 Å². The summed E-state index contributed by atoms with van der Waals surface area (Å²) < 4.78 is 0. The van der Waals surface area contributed by atoms with Gasteiger partial charge >= 0.3 is 0 Å². The van der Waals surface area contributed by atoms with Crippen LogP contribution in [-0.2, 0) is 20.1 Å². The maximum atomic E-state index is 7.43. The number of tetrazole rings is 1. The third-order valence-corrected chi connectivity index (χ3v) is 2.65. The molecule has 1 aromatic heterocycles. The van der Waals surface area contributed by atoms with E-state index in [4.69, 9.17) is 11.1 Å². The highest BCUT2D eigenvalue weighted by Gasteiger charge is 2.07. The summed E-state index contributed by atoms with van der Waals surface area (Å²) in [7, 11) is 3.73. The summed E-state index contributed by atoms with van der Waals surface area (Å²) in [6.07, 6.45) is 0. The number of hydrogen-bond acceptors (Lipinski definition) is 5. The van der Waals surface area contributed by atoms with Gasteiger partial charge in [-0.15, -0.1) is 10.2 Å². The number of nitrogens with zero attached hydrogens (tertiary/aromatic N) is 5. The van der Waals surface area contributed by atoms with E-state index in [1.807, 2.05) is 31.3 Å². The first-order valence-corrected chi connectivity index (χ1v) is 5.89. The van der Waals surface area contributed by atoms with E-state index in [0.717, 1.165) is 17.7 Å². The molecule has 19 heavy (non-hydrogen) atoms. The predicted octanol–water partition coefficient (Wildman–Crippen LogP) is 0.126. The van der Waals surface area contributed by atoms with E-state index in [-0.39, 0.29) is 5.84 Å². The van der Waals surface area contributed by atoms with Gasteiger partial charge in [0.25, 0.3) is 0 Å². The average molecular weight is 259 g/mol. The van der Waals surface area contributed by atoms with Crippen molar-refractivity contribution in [2.45, 2.75) is 13.1 Å². The molecule has 1 heterocycles. The van der Waals surface area contributed by atoms with Crippen molar-refractivity contribution in [1.82, 2.24) is 25.1 Å². The van der Waals surface area contributed by atoms with Crippen molar-refractivity contribution in [3.8, 4) is 0 Å². The van der Waals surface area contributed by atoms with Gasteiger partial charge < -0.3 is 5.73 Å². The lowest BCUT2D eigenvalue weighted by molar-refractivity contribution is 0.310. The minimum atomic E-state index is 0.0834. The van der Waals surface area contributed by atoms with Gasteiger partial charge in [0.2, 0.25) is 0 Å². The van der Waals surface area contributed by atoms with Crippen LogP contribution in [0, 0.1) is 5.41 Å². The third-order valence-electron chi connectivity index (χ3n) is 2.65. The average Bonchev–Trinajstić information content (AvgIpc) is 2.74. The van der Waals surface area contributed by atoms with Gasteiger partial charge in [-0.25, -0.2) is 0 Å². The smallest absolute Gasteiger partial charge is 0.188 e. The Kier molecular flexibility index (Phi) is 3.86. The highest BCUT2D eigenvalue weighted by molar-refractivity contribution is 5.95. The van der Waals surface area contributed by atoms with Gasteiger partial charge in [-0.05, 0) is 23.9 Å². The number of aryl methyl sites for hydroxylation is 1. The maximum Gasteiger partial charge on any atom is 0.188 e. The SMILES string of the molecule is CN(Cc1cccc(C(=N)N)c1)Cc1nnn(C)n1. The molecule has 0 aliphatic heterocycles. The van der Waals surface area contributed by atoms with Crippen LogP contribution in [0.3, 0.4) is 0 Å². The molecule has 0 spiro atoms. The highest BCUT2D eigenvalue weighted by Crippen LogP contribution is 2.08. The summed E-state index contributed by atoms with van der Waals surface area (Å²) in [6, 6.07) is 7.66. The number of hydrogen-bond donors (Lipinski definition) is 2. The molecule has 1 aromatic carbocycles. The molecule has 0 fully saturated rings. The highest BCUT2D eigenvalue weighted by atomic mass is 15.6. The standard InChI is InChI=1S/C12H17N7/c1-18(8-11-15-17-19(2)16-11)7-9-4-3-5-10(6-9)12(13)14/h3-6H,7-8H2,1-2H3,(H3,13,14). The van der Waals surface area contributed by atoms with Gasteiger partial charge in [-0.3, -0.25) is 10.3 Å². The summed E-state index contributed by atoms with van der Waals surface area (Å²) in [5.74, 6) is 0.771. The van der Waals surface area contributed by atoms with Crippen LogP contribution < -0.4 is 5.73 Å². The van der Waals surface area contributed by atoms with E-state index in [0.29, 0.717) is 12.4 Å². The monoisotopic (exact) mass is 259 g/mol. The van der Waals surface area contributed by atoms with Crippen LogP contribution in [0.25, 0.3) is 0 Å². The number of nitrogen functional groups attached to an aromatic ring is 1. The van der Waals surface area contributed by atoms with Crippen LogP contribution in [0.5, 0.6) is 0 Å². The van der Waals surface area contributed by atoms with Crippen LogP contribution >= 0.6 is 0 Å². The Balaban J connectivity index is 2.00. The first-order valence-electron chi connectivity index (χ1n) is 5.89. The van der Waals surface area contributed by atoms with Crippen LogP contribution in [0.15, 0.2) is 24.3 Å². The molecular weight excluding hydrogens is 242 g/mol. The van der Waals surface area contributed by atoms with Gasteiger partial charge in [-0.2, -0.15) is 4.80 Å². The summed E-state index contributed by atoms with van der Waals surface area (Å²) in [5, 5.41) is 19.3. The van der Waals surface area contributed by atoms with E-state index in [1.54, 1.807) is 7.05 Å². The molecule has 3 N–H and O–H groups in total. The minimum absolute atomic E-state index is 0.0834. The van der Waals surface area contributed by atoms with Gasteiger partial charge in [0.15, 0.2) is 5.82 Å². The molecule has 7 heteroatoms. The van der Waals surface area contributed by atoms with Gasteiger partial charge in [0.05, 0.1) is 13.6 Å². The third kappa shape index (κ3) is 3.59. The van der Waals surface area contributed by atoms with Crippen LogP contribution in [0.4, 0.5) is 0 Å². The fourth-order valence-corrected chi connectivity index (χ4v) is 1.83. The first kappa shape index (κ1) is 13.2. The summed E-state index contributed by atoms with van der Waals surface area (Å²) >= 11 is 0. The lowest BCUT2D eigenvalue weighted by atomic mass is 10.1. The van der Waals surface area contributed by atoms with Crippen molar-refractivity contribution >= 4 is 5.84 Å². The number of rotatable bonds is 5. The molecule has 2 aromatic rings. The Morgan fingerprint density at radius 3 is 2.84 bits per heavy atom. The molecule has 0 bridgehead atoms. The number of amidine groups is 1. The fourth-order valence-electron chi connectivity index (χ4n) is 1.83. The zero-order valence-electron chi connectivity index (χ0n) is 11.0. The molecule has 0 aliphatic rings. The van der Waals surface area contributed by atoms with E-state index < -0.39 is 0 Å². The molecule has 0 atom stereocenters. The van der Waals surface area contributed by atoms with Crippen molar-refractivity contribution in [3.05, 3.63) is 41.2 Å². The Morgan fingerprint density at radius 2 is 2.21 bits per heavy atom. The topological polar surface area (TPSA) is 96.7 Å². The Labute approximate surface area is 111 Å². The van der Waals surface area contributed by atoms with Crippen molar-refractivity contribution in [3.63, 3.8) is 0 Å². The maximum absolute atomic E-state index is 7.43. The Morgan fingerprint density at radius 1 is 1.42 bits per heavy atom. The van der Waals surface area contributed by atoms with Gasteiger partial charge in [0, 0.05) is 12.1 Å². The zero-order chi connectivity index (χ0) is 13.8. The van der Waals surface area contributed by atoms with Crippen molar-refractivity contribution in [1.29, 1.82) is 5.41 Å². The van der Waals surface area contributed by atoms with Crippen molar-refractivity contribution < 1.29 is 0 Å². The molecular formula is C12H17N7. The largest absolute Gasteiger partial charge is 0.384 e. The second kappa shape index (κ2) is 5.57. The molecule has 100 valence electrons. The van der Waals surface area contributed by atoms with E-state index in [2.05, 4.69) is 20.3 Å². The molecule has 0 unspecified atom stereocenters. The van der Waals surface area contributed by atoms with Gasteiger partial charge in [-0.1, -0.05) is 18.2 Å². The van der Waals surface area contributed by atoms with Crippen LogP contribution in [0.2, 0.25) is 0 Å². The summed E-state index contributed by atoms with van der Waals surface area (Å²) in [6.45, 7) is 1.36. The molecule has 0 saturated heterocycles. The van der Waals surface area contributed by atoms with E-state index in [1.165, 1.54) is 4.80 Å². The molecule has 7 nitrogen and oxygen atoms in total. The normalized spacial score (nSPS) is 10.9. The fraction of sp³-hybridized carbons (Fsp3) is 0.333. The zero-order valence-corrected chi connectivity index (χ0v) is 11.0. The van der Waals surface area contributed by atoms with Crippen molar-refractivity contribution in [2.75, 3.05) is 7.05 Å². The molecule has 0 amide bonds. The summed E-state index contributed by atoms with van der Waals surface area (Å²) in [4.78, 5) is 3.52. The Bertz CT molecular complexity index is 575. The lowest BCUT2D eigenvalue weighted by Crippen LogP contribution is -2.19.